The molecular weight excluding hydrogens is 256 g/mol. The lowest BCUT2D eigenvalue weighted by Gasteiger charge is -2.54. The van der Waals surface area contributed by atoms with Gasteiger partial charge >= 0.3 is 0 Å². The van der Waals surface area contributed by atoms with Gasteiger partial charge < -0.3 is 0 Å². The smallest absolute Gasteiger partial charge is 0.156 e. The molecule has 0 saturated heterocycles. The van der Waals surface area contributed by atoms with Gasteiger partial charge in [-0.15, -0.1) is 0 Å². The van der Waals surface area contributed by atoms with Crippen LogP contribution in [0.2, 0.25) is 0 Å². The Morgan fingerprint density at radius 3 is 2.81 bits per heavy atom. The predicted molar refractivity (Wildman–Crippen MR) is 85.8 cm³/mol. The summed E-state index contributed by atoms with van der Waals surface area (Å²) in [4.78, 5) is 11.8. The van der Waals surface area contributed by atoms with Crippen molar-refractivity contribution in [2.75, 3.05) is 0 Å². The Hall–Kier alpha value is -1.11. The maximum Gasteiger partial charge on any atom is 0.156 e. The van der Waals surface area contributed by atoms with Gasteiger partial charge in [0.1, 0.15) is 0 Å². The van der Waals surface area contributed by atoms with Gasteiger partial charge in [0, 0.05) is 12.3 Å². The summed E-state index contributed by atoms with van der Waals surface area (Å²) < 4.78 is 0. The highest BCUT2D eigenvalue weighted by atomic mass is 16.1. The molecule has 0 aromatic rings. The lowest BCUT2D eigenvalue weighted by atomic mass is 9.50. The molecule has 0 spiro atoms. The van der Waals surface area contributed by atoms with E-state index in [-0.39, 0.29) is 5.41 Å². The van der Waals surface area contributed by atoms with E-state index in [1.165, 1.54) is 24.8 Å². The molecule has 4 aliphatic rings. The van der Waals surface area contributed by atoms with Crippen LogP contribution in [0.15, 0.2) is 35.5 Å². The number of rotatable bonds is 0. The Balaban J connectivity index is 1.79. The van der Waals surface area contributed by atoms with Crippen LogP contribution in [0, 0.1) is 28.6 Å². The van der Waals surface area contributed by atoms with Crippen molar-refractivity contribution in [3.63, 3.8) is 0 Å². The third-order valence-electron chi connectivity index (χ3n) is 7.37. The van der Waals surface area contributed by atoms with Gasteiger partial charge in [-0.05, 0) is 60.0 Å². The monoisotopic (exact) mass is 282 g/mol. The average Bonchev–Trinajstić information content (AvgIpc) is 2.76. The summed E-state index contributed by atoms with van der Waals surface area (Å²) >= 11 is 0. The zero-order valence-electron chi connectivity index (χ0n) is 13.5. The topological polar surface area (TPSA) is 17.1 Å². The van der Waals surface area contributed by atoms with E-state index in [0.717, 1.165) is 18.8 Å². The summed E-state index contributed by atoms with van der Waals surface area (Å²) in [6.07, 6.45) is 14.8. The highest BCUT2D eigenvalue weighted by molar-refractivity contribution is 5.92. The molecule has 4 aliphatic carbocycles. The molecule has 0 radical (unpaired) electrons. The maximum atomic E-state index is 11.8. The second-order valence-corrected chi connectivity index (χ2v) is 8.23. The number of hydrogen-bond acceptors (Lipinski definition) is 1. The molecule has 1 fully saturated rings. The van der Waals surface area contributed by atoms with Crippen molar-refractivity contribution in [3.8, 4) is 0 Å². The van der Waals surface area contributed by atoms with E-state index in [4.69, 9.17) is 0 Å². The Kier molecular flexibility index (Phi) is 2.72. The molecule has 0 aromatic carbocycles. The van der Waals surface area contributed by atoms with Gasteiger partial charge in [-0.1, -0.05) is 44.6 Å². The summed E-state index contributed by atoms with van der Waals surface area (Å²) in [5.74, 6) is 2.43. The minimum Gasteiger partial charge on any atom is -0.295 e. The van der Waals surface area contributed by atoms with E-state index in [0.29, 0.717) is 23.0 Å². The molecule has 0 heterocycles. The Bertz CT molecular complexity index is 593. The summed E-state index contributed by atoms with van der Waals surface area (Å²) in [6, 6.07) is 0. The molecule has 112 valence electrons. The van der Waals surface area contributed by atoms with Crippen LogP contribution in [0.1, 0.15) is 52.9 Å². The quantitative estimate of drug-likeness (QED) is 0.580. The first-order valence-corrected chi connectivity index (χ1v) is 8.59. The third-order valence-corrected chi connectivity index (χ3v) is 7.37. The van der Waals surface area contributed by atoms with Crippen LogP contribution in [0.5, 0.6) is 0 Å². The van der Waals surface area contributed by atoms with Gasteiger partial charge in [0.15, 0.2) is 5.78 Å². The van der Waals surface area contributed by atoms with Gasteiger partial charge in [0.2, 0.25) is 0 Å². The van der Waals surface area contributed by atoms with Crippen molar-refractivity contribution in [2.45, 2.75) is 52.9 Å². The molecule has 0 aromatic heterocycles. The maximum absolute atomic E-state index is 11.8. The molecule has 0 bridgehead atoms. The number of allylic oxidation sites excluding steroid dienone is 6. The van der Waals surface area contributed by atoms with Crippen LogP contribution in [0.25, 0.3) is 0 Å². The number of hydrogen-bond donors (Lipinski definition) is 0. The van der Waals surface area contributed by atoms with Crippen LogP contribution in [0.3, 0.4) is 0 Å². The van der Waals surface area contributed by atoms with Crippen molar-refractivity contribution in [2.24, 2.45) is 28.6 Å². The SMILES string of the molecule is CC1CC=C2C3C=CC4=CC(=O)CCC4(C)C3CCC21C. The van der Waals surface area contributed by atoms with Gasteiger partial charge in [-0.25, -0.2) is 0 Å². The zero-order chi connectivity index (χ0) is 14.8. The second kappa shape index (κ2) is 4.21. The average molecular weight is 282 g/mol. The molecule has 1 saturated carbocycles. The number of carbonyl (C=O) groups is 1. The van der Waals surface area contributed by atoms with Crippen molar-refractivity contribution >= 4 is 5.78 Å². The molecule has 5 unspecified atom stereocenters. The fraction of sp³-hybridized carbons (Fsp3) is 0.650. The van der Waals surface area contributed by atoms with E-state index in [1.54, 1.807) is 5.57 Å². The Morgan fingerprint density at radius 2 is 2.00 bits per heavy atom. The fourth-order valence-electron chi connectivity index (χ4n) is 5.58. The molecule has 5 atom stereocenters. The molecule has 21 heavy (non-hydrogen) atoms. The first-order valence-electron chi connectivity index (χ1n) is 8.59. The van der Waals surface area contributed by atoms with Crippen LogP contribution in [-0.2, 0) is 4.79 Å². The largest absolute Gasteiger partial charge is 0.295 e. The van der Waals surface area contributed by atoms with Gasteiger partial charge in [-0.3, -0.25) is 4.79 Å². The van der Waals surface area contributed by atoms with Crippen molar-refractivity contribution < 1.29 is 4.79 Å². The Labute approximate surface area is 128 Å². The summed E-state index contributed by atoms with van der Waals surface area (Å²) in [5.41, 5.74) is 3.66. The van der Waals surface area contributed by atoms with Crippen molar-refractivity contribution in [3.05, 3.63) is 35.5 Å². The van der Waals surface area contributed by atoms with Crippen LogP contribution in [0.4, 0.5) is 0 Å². The van der Waals surface area contributed by atoms with Crippen LogP contribution in [-0.4, -0.2) is 5.78 Å². The molecule has 4 rings (SSSR count). The standard InChI is InChI=1S/C20H26O/c1-13-4-7-17-16-6-5-14-12-15(21)8-10-20(14,3)18(16)9-11-19(13,17)2/h5-7,12-13,16,18H,4,8-11H2,1-3H3. The van der Waals surface area contributed by atoms with E-state index in [9.17, 15) is 4.79 Å². The third kappa shape index (κ3) is 1.67. The van der Waals surface area contributed by atoms with Crippen molar-refractivity contribution in [1.29, 1.82) is 0 Å². The summed E-state index contributed by atoms with van der Waals surface area (Å²) in [6.45, 7) is 7.31. The summed E-state index contributed by atoms with van der Waals surface area (Å²) in [7, 11) is 0. The van der Waals surface area contributed by atoms with Crippen molar-refractivity contribution in [1.82, 2.24) is 0 Å². The summed E-state index contributed by atoms with van der Waals surface area (Å²) in [5, 5.41) is 0. The fourth-order valence-corrected chi connectivity index (χ4v) is 5.58. The van der Waals surface area contributed by atoms with E-state index >= 15 is 0 Å². The zero-order valence-corrected chi connectivity index (χ0v) is 13.5. The van der Waals surface area contributed by atoms with Gasteiger partial charge in [0.05, 0.1) is 0 Å². The second-order valence-electron chi connectivity index (χ2n) is 8.23. The number of carbonyl (C=O) groups excluding carboxylic acids is 1. The molecule has 0 amide bonds. The van der Waals surface area contributed by atoms with E-state index in [2.05, 4.69) is 39.0 Å². The van der Waals surface area contributed by atoms with E-state index in [1.807, 2.05) is 6.08 Å². The molecular formula is C20H26O. The van der Waals surface area contributed by atoms with Gasteiger partial charge in [-0.2, -0.15) is 0 Å². The van der Waals surface area contributed by atoms with Crippen LogP contribution >= 0.6 is 0 Å². The molecule has 1 heteroatoms. The minimum atomic E-state index is 0.224. The lowest BCUT2D eigenvalue weighted by molar-refractivity contribution is -0.116. The molecule has 0 N–H and O–H groups in total. The number of ketones is 1. The highest BCUT2D eigenvalue weighted by Crippen LogP contribution is 2.63. The molecule has 1 nitrogen and oxygen atoms in total. The first kappa shape index (κ1) is 13.5. The first-order chi connectivity index (χ1) is 9.95. The minimum absolute atomic E-state index is 0.224. The Morgan fingerprint density at radius 1 is 1.19 bits per heavy atom. The lowest BCUT2D eigenvalue weighted by Crippen LogP contribution is -2.45. The highest BCUT2D eigenvalue weighted by Gasteiger charge is 2.53. The van der Waals surface area contributed by atoms with Crippen LogP contribution < -0.4 is 0 Å². The number of fused-ring (bicyclic) bond motifs is 5. The predicted octanol–water partition coefficient (Wildman–Crippen LogP) is 4.85. The normalized spacial score (nSPS) is 48.1. The van der Waals surface area contributed by atoms with Gasteiger partial charge in [0.25, 0.3) is 0 Å². The van der Waals surface area contributed by atoms with E-state index < -0.39 is 0 Å². The molecule has 0 aliphatic heterocycles.